The molecule has 2 rings (SSSR count). The van der Waals surface area contributed by atoms with Crippen LogP contribution < -0.4 is 0 Å². The summed E-state index contributed by atoms with van der Waals surface area (Å²) < 4.78 is 77.4. The Morgan fingerprint density at radius 1 is 1.10 bits per heavy atom. The van der Waals surface area contributed by atoms with Crippen molar-refractivity contribution < 1.29 is 31.4 Å². The second kappa shape index (κ2) is 5.83. The number of rotatable bonds is 4. The molecule has 0 bridgehead atoms. The van der Waals surface area contributed by atoms with Gasteiger partial charge in [0.15, 0.2) is 11.9 Å². The summed E-state index contributed by atoms with van der Waals surface area (Å²) in [5.74, 6) is -5.98. The molecule has 122 valence electrons. The maximum atomic E-state index is 14.1. The molecule has 3 atom stereocenters. The minimum absolute atomic E-state index is 0.210. The lowest BCUT2D eigenvalue weighted by Crippen LogP contribution is -2.61. The predicted molar refractivity (Wildman–Crippen MR) is 65.9 cm³/mol. The summed E-state index contributed by atoms with van der Waals surface area (Å²) >= 11 is 0. The molecule has 1 aliphatic heterocycles. The first-order valence-electron chi connectivity index (χ1n) is 7.11. The van der Waals surface area contributed by atoms with Gasteiger partial charge in [-0.3, -0.25) is 0 Å². The van der Waals surface area contributed by atoms with Crippen molar-refractivity contribution in [2.45, 2.75) is 62.5 Å². The molecule has 3 unspecified atom stereocenters. The van der Waals surface area contributed by atoms with Gasteiger partial charge in [-0.2, -0.15) is 22.0 Å². The number of ether oxygens (including phenoxy) is 2. The van der Waals surface area contributed by atoms with Gasteiger partial charge in [0.05, 0.1) is 0 Å². The van der Waals surface area contributed by atoms with Gasteiger partial charge in [-0.25, -0.2) is 0 Å². The zero-order valence-electron chi connectivity index (χ0n) is 11.6. The van der Waals surface area contributed by atoms with Crippen LogP contribution in [0.2, 0.25) is 0 Å². The summed E-state index contributed by atoms with van der Waals surface area (Å²) in [4.78, 5) is 0. The minimum atomic E-state index is -5.66. The third kappa shape index (κ3) is 2.82. The van der Waals surface area contributed by atoms with Crippen LogP contribution in [0, 0.1) is 5.92 Å². The van der Waals surface area contributed by atoms with Crippen LogP contribution in [0.4, 0.5) is 22.0 Å². The molecule has 2 fully saturated rings. The lowest BCUT2D eigenvalue weighted by Gasteiger charge is -2.43. The Hall–Kier alpha value is -0.690. The molecule has 0 N–H and O–H groups in total. The first-order chi connectivity index (χ1) is 9.74. The van der Waals surface area contributed by atoms with Crippen molar-refractivity contribution in [2.75, 3.05) is 6.61 Å². The molecular formula is C14H19F5O2. The van der Waals surface area contributed by atoms with Crippen LogP contribution in [0.3, 0.4) is 0 Å². The molecule has 0 aromatic carbocycles. The van der Waals surface area contributed by atoms with Gasteiger partial charge in [-0.1, -0.05) is 6.08 Å². The van der Waals surface area contributed by atoms with Crippen molar-refractivity contribution in [3.63, 3.8) is 0 Å². The highest BCUT2D eigenvalue weighted by atomic mass is 19.4. The average molecular weight is 314 g/mol. The number of hydrogen-bond donors (Lipinski definition) is 0. The fourth-order valence-electron chi connectivity index (χ4n) is 3.20. The van der Waals surface area contributed by atoms with E-state index in [1.54, 1.807) is 0 Å². The standard InChI is InChI=1S/C14H19F5O2/c1-2-10-6-5-8-12(10,13(15,16)14(17,18)19)21-11-7-3-4-9-20-11/h2,10-11H,1,3-9H2. The predicted octanol–water partition coefficient (Wildman–Crippen LogP) is 4.45. The molecular weight excluding hydrogens is 295 g/mol. The van der Waals surface area contributed by atoms with Gasteiger partial charge < -0.3 is 9.47 Å². The summed E-state index contributed by atoms with van der Waals surface area (Å²) in [6, 6.07) is 0. The lowest BCUT2D eigenvalue weighted by atomic mass is 9.83. The van der Waals surface area contributed by atoms with Gasteiger partial charge in [-0.15, -0.1) is 6.58 Å². The molecule has 2 aliphatic rings. The van der Waals surface area contributed by atoms with E-state index in [1.165, 1.54) is 0 Å². The molecule has 0 aromatic heterocycles. The molecule has 21 heavy (non-hydrogen) atoms. The molecule has 2 nitrogen and oxygen atoms in total. The number of halogens is 5. The van der Waals surface area contributed by atoms with Crippen LogP contribution >= 0.6 is 0 Å². The van der Waals surface area contributed by atoms with Crippen molar-refractivity contribution in [3.05, 3.63) is 12.7 Å². The van der Waals surface area contributed by atoms with Crippen LogP contribution in [0.15, 0.2) is 12.7 Å². The van der Waals surface area contributed by atoms with E-state index in [1.807, 2.05) is 0 Å². The molecule has 0 amide bonds. The first-order valence-corrected chi connectivity index (χ1v) is 7.11. The highest BCUT2D eigenvalue weighted by molar-refractivity contribution is 5.11. The Bertz CT molecular complexity index is 376. The van der Waals surface area contributed by atoms with Crippen molar-refractivity contribution in [1.29, 1.82) is 0 Å². The summed E-state index contributed by atoms with van der Waals surface area (Å²) in [5, 5.41) is 0. The zero-order chi connectivity index (χ0) is 15.7. The summed E-state index contributed by atoms with van der Waals surface area (Å²) in [5.41, 5.74) is -2.60. The van der Waals surface area contributed by atoms with E-state index in [0.29, 0.717) is 19.4 Å². The van der Waals surface area contributed by atoms with E-state index in [4.69, 9.17) is 9.47 Å². The smallest absolute Gasteiger partial charge is 0.353 e. The average Bonchev–Trinajstić information content (AvgIpc) is 2.83. The zero-order valence-corrected chi connectivity index (χ0v) is 11.6. The van der Waals surface area contributed by atoms with Crippen LogP contribution in [-0.2, 0) is 9.47 Å². The summed E-state index contributed by atoms with van der Waals surface area (Å²) in [6.45, 7) is 3.72. The van der Waals surface area contributed by atoms with Crippen LogP contribution in [-0.4, -0.2) is 30.6 Å². The Labute approximate surface area is 120 Å². The second-order valence-corrected chi connectivity index (χ2v) is 5.61. The van der Waals surface area contributed by atoms with E-state index in [2.05, 4.69) is 6.58 Å². The molecule has 1 saturated heterocycles. The SMILES string of the molecule is C=CC1CCCC1(OC1CCCCO1)C(F)(F)C(F)(F)F. The van der Waals surface area contributed by atoms with Crippen molar-refractivity contribution in [2.24, 2.45) is 5.92 Å². The molecule has 0 spiro atoms. The van der Waals surface area contributed by atoms with E-state index >= 15 is 0 Å². The van der Waals surface area contributed by atoms with E-state index in [0.717, 1.165) is 12.5 Å². The molecule has 0 aromatic rings. The molecule has 1 saturated carbocycles. The summed E-state index contributed by atoms with van der Waals surface area (Å²) in [7, 11) is 0. The van der Waals surface area contributed by atoms with Crippen molar-refractivity contribution >= 4 is 0 Å². The fourth-order valence-corrected chi connectivity index (χ4v) is 3.20. The molecule has 1 heterocycles. The van der Waals surface area contributed by atoms with Crippen LogP contribution in [0.1, 0.15) is 38.5 Å². The van der Waals surface area contributed by atoms with Gasteiger partial charge in [0, 0.05) is 12.5 Å². The van der Waals surface area contributed by atoms with Gasteiger partial charge in [0.25, 0.3) is 0 Å². The van der Waals surface area contributed by atoms with E-state index < -0.39 is 29.9 Å². The monoisotopic (exact) mass is 314 g/mol. The second-order valence-electron chi connectivity index (χ2n) is 5.61. The first kappa shape index (κ1) is 16.7. The Kier molecular flexibility index (Phi) is 4.63. The molecule has 0 radical (unpaired) electrons. The third-order valence-electron chi connectivity index (χ3n) is 4.31. The third-order valence-corrected chi connectivity index (χ3v) is 4.31. The minimum Gasteiger partial charge on any atom is -0.353 e. The Balaban J connectivity index is 2.32. The van der Waals surface area contributed by atoms with Crippen LogP contribution in [0.25, 0.3) is 0 Å². The quantitative estimate of drug-likeness (QED) is 0.564. The summed E-state index contributed by atoms with van der Waals surface area (Å²) in [6.07, 6.45) is -3.63. The lowest BCUT2D eigenvalue weighted by molar-refractivity contribution is -0.378. The number of alkyl halides is 5. The Morgan fingerprint density at radius 3 is 2.33 bits per heavy atom. The van der Waals surface area contributed by atoms with Gasteiger partial charge >= 0.3 is 12.1 Å². The largest absolute Gasteiger partial charge is 0.456 e. The highest BCUT2D eigenvalue weighted by Crippen LogP contribution is 2.56. The van der Waals surface area contributed by atoms with E-state index in [9.17, 15) is 22.0 Å². The number of hydrogen-bond acceptors (Lipinski definition) is 2. The maximum Gasteiger partial charge on any atom is 0.456 e. The van der Waals surface area contributed by atoms with Gasteiger partial charge in [0.2, 0.25) is 0 Å². The normalized spacial score (nSPS) is 34.9. The maximum absolute atomic E-state index is 14.1. The fraction of sp³-hybridized carbons (Fsp3) is 0.857. The Morgan fingerprint density at radius 2 is 1.81 bits per heavy atom. The topological polar surface area (TPSA) is 18.5 Å². The van der Waals surface area contributed by atoms with Crippen LogP contribution in [0.5, 0.6) is 0 Å². The van der Waals surface area contributed by atoms with Crippen molar-refractivity contribution in [1.82, 2.24) is 0 Å². The van der Waals surface area contributed by atoms with Gasteiger partial charge in [-0.05, 0) is 38.5 Å². The highest BCUT2D eigenvalue weighted by Gasteiger charge is 2.74. The molecule has 1 aliphatic carbocycles. The van der Waals surface area contributed by atoms with Crippen molar-refractivity contribution in [3.8, 4) is 0 Å². The molecule has 7 heteroatoms. The van der Waals surface area contributed by atoms with Gasteiger partial charge in [0.1, 0.15) is 0 Å². The van der Waals surface area contributed by atoms with E-state index in [-0.39, 0.29) is 19.3 Å².